The van der Waals surface area contributed by atoms with Gasteiger partial charge in [0.1, 0.15) is 0 Å². The highest BCUT2D eigenvalue weighted by atomic mass is 35.5. The molecule has 1 N–H and O–H groups in total. The topological polar surface area (TPSA) is 15.3 Å². The smallest absolute Gasteiger partial charge is 0.0415 e. The summed E-state index contributed by atoms with van der Waals surface area (Å²) in [5.74, 6) is 0.916. The molecule has 1 aliphatic carbocycles. The molecule has 1 heterocycles. The molecule has 1 aromatic carbocycles. The lowest BCUT2D eigenvalue weighted by atomic mass is 10.0. The van der Waals surface area contributed by atoms with E-state index in [0.29, 0.717) is 0 Å². The van der Waals surface area contributed by atoms with E-state index in [2.05, 4.69) is 43.1 Å². The molecule has 0 amide bonds. The number of nitrogens with zero attached hydrogens (tertiary/aromatic N) is 1. The van der Waals surface area contributed by atoms with E-state index in [4.69, 9.17) is 11.6 Å². The van der Waals surface area contributed by atoms with Crippen molar-refractivity contribution in [1.29, 1.82) is 0 Å². The van der Waals surface area contributed by atoms with Crippen molar-refractivity contribution < 1.29 is 0 Å². The van der Waals surface area contributed by atoms with Crippen LogP contribution in [0.2, 0.25) is 5.02 Å². The van der Waals surface area contributed by atoms with Gasteiger partial charge in [-0.25, -0.2) is 0 Å². The van der Waals surface area contributed by atoms with Gasteiger partial charge in [-0.15, -0.1) is 0 Å². The van der Waals surface area contributed by atoms with Crippen LogP contribution >= 0.6 is 11.6 Å². The predicted octanol–water partition coefficient (Wildman–Crippen LogP) is 4.22. The normalized spacial score (nSPS) is 25.5. The summed E-state index contributed by atoms with van der Waals surface area (Å²) in [5, 5.41) is 4.42. The maximum absolute atomic E-state index is 6.21. The van der Waals surface area contributed by atoms with Gasteiger partial charge in [-0.1, -0.05) is 11.6 Å². The van der Waals surface area contributed by atoms with E-state index >= 15 is 0 Å². The van der Waals surface area contributed by atoms with E-state index in [1.165, 1.54) is 37.1 Å². The van der Waals surface area contributed by atoms with Crippen LogP contribution in [0.5, 0.6) is 0 Å². The fraction of sp³-hybridized carbons (Fsp3) is 0.647. The van der Waals surface area contributed by atoms with Crippen LogP contribution in [0.15, 0.2) is 18.2 Å². The monoisotopic (exact) mass is 292 g/mol. The SMILES string of the molecule is CC(C)(C)NCc1cc(Cl)ccc1N1CC2CCC1C2. The zero-order chi connectivity index (χ0) is 14.3. The first-order valence-corrected chi connectivity index (χ1v) is 8.10. The molecule has 2 fully saturated rings. The summed E-state index contributed by atoms with van der Waals surface area (Å²) in [6.07, 6.45) is 4.17. The summed E-state index contributed by atoms with van der Waals surface area (Å²) in [5.41, 5.74) is 2.85. The predicted molar refractivity (Wildman–Crippen MR) is 86.5 cm³/mol. The zero-order valence-electron chi connectivity index (χ0n) is 12.7. The van der Waals surface area contributed by atoms with Gasteiger partial charge >= 0.3 is 0 Å². The van der Waals surface area contributed by atoms with Crippen LogP contribution in [-0.4, -0.2) is 18.1 Å². The average molecular weight is 293 g/mol. The molecule has 1 aliphatic heterocycles. The molecule has 1 saturated heterocycles. The first kappa shape index (κ1) is 14.2. The van der Waals surface area contributed by atoms with Crippen LogP contribution in [0, 0.1) is 5.92 Å². The maximum Gasteiger partial charge on any atom is 0.0415 e. The number of halogens is 1. The van der Waals surface area contributed by atoms with E-state index < -0.39 is 0 Å². The van der Waals surface area contributed by atoms with Crippen LogP contribution in [0.3, 0.4) is 0 Å². The number of fused-ring (bicyclic) bond motifs is 2. The summed E-state index contributed by atoms with van der Waals surface area (Å²) in [7, 11) is 0. The first-order valence-electron chi connectivity index (χ1n) is 7.72. The highest BCUT2D eigenvalue weighted by molar-refractivity contribution is 6.30. The van der Waals surface area contributed by atoms with Crippen molar-refractivity contribution in [3.8, 4) is 0 Å². The Morgan fingerprint density at radius 1 is 1.30 bits per heavy atom. The van der Waals surface area contributed by atoms with Gasteiger partial charge in [0.2, 0.25) is 0 Å². The molecule has 110 valence electrons. The van der Waals surface area contributed by atoms with Gasteiger partial charge < -0.3 is 10.2 Å². The van der Waals surface area contributed by atoms with Crippen molar-refractivity contribution in [1.82, 2.24) is 5.32 Å². The molecule has 20 heavy (non-hydrogen) atoms. The third-order valence-corrected chi connectivity index (χ3v) is 4.80. The lowest BCUT2D eigenvalue weighted by molar-refractivity contribution is 0.424. The molecule has 1 saturated carbocycles. The van der Waals surface area contributed by atoms with Gasteiger partial charge in [-0.05, 0) is 69.7 Å². The molecule has 2 nitrogen and oxygen atoms in total. The van der Waals surface area contributed by atoms with Crippen molar-refractivity contribution in [3.63, 3.8) is 0 Å². The number of rotatable bonds is 3. The molecule has 2 unspecified atom stereocenters. The Balaban J connectivity index is 1.83. The van der Waals surface area contributed by atoms with Crippen LogP contribution < -0.4 is 10.2 Å². The van der Waals surface area contributed by atoms with E-state index in [1.54, 1.807) is 0 Å². The third kappa shape index (κ3) is 2.96. The van der Waals surface area contributed by atoms with Crippen molar-refractivity contribution >= 4 is 17.3 Å². The van der Waals surface area contributed by atoms with Crippen molar-refractivity contribution in [2.75, 3.05) is 11.4 Å². The summed E-state index contributed by atoms with van der Waals surface area (Å²) in [6, 6.07) is 7.13. The Hall–Kier alpha value is -0.730. The molecule has 1 aromatic rings. The molecule has 0 radical (unpaired) electrons. The number of anilines is 1. The number of hydrogen-bond acceptors (Lipinski definition) is 2. The van der Waals surface area contributed by atoms with E-state index in [0.717, 1.165) is 23.5 Å². The van der Waals surface area contributed by atoms with Crippen LogP contribution in [0.4, 0.5) is 5.69 Å². The van der Waals surface area contributed by atoms with Crippen molar-refractivity contribution in [3.05, 3.63) is 28.8 Å². The zero-order valence-corrected chi connectivity index (χ0v) is 13.5. The van der Waals surface area contributed by atoms with E-state index in [1.807, 2.05) is 6.07 Å². The second kappa shape index (κ2) is 5.23. The molecule has 3 heteroatoms. The molecule has 2 bridgehead atoms. The molecule has 2 aliphatic rings. The summed E-state index contributed by atoms with van der Waals surface area (Å²) < 4.78 is 0. The minimum atomic E-state index is 0.129. The molecular formula is C17H25ClN2. The molecular weight excluding hydrogens is 268 g/mol. The standard InChI is InChI=1S/C17H25ClN2/c1-17(2,3)19-10-13-9-14(18)5-7-16(13)20-11-12-4-6-15(20)8-12/h5,7,9,12,15,19H,4,6,8,10-11H2,1-3H3. The van der Waals surface area contributed by atoms with Gasteiger partial charge in [0.15, 0.2) is 0 Å². The highest BCUT2D eigenvalue weighted by Crippen LogP contribution is 2.41. The molecule has 0 aromatic heterocycles. The second-order valence-electron chi connectivity index (χ2n) is 7.36. The Morgan fingerprint density at radius 2 is 2.10 bits per heavy atom. The lowest BCUT2D eigenvalue weighted by Crippen LogP contribution is -2.37. The Bertz CT molecular complexity index is 492. The molecule has 2 atom stereocenters. The Labute approximate surface area is 127 Å². The van der Waals surface area contributed by atoms with Crippen LogP contribution in [0.1, 0.15) is 45.6 Å². The van der Waals surface area contributed by atoms with Crippen molar-refractivity contribution in [2.24, 2.45) is 5.92 Å². The maximum atomic E-state index is 6.21. The highest BCUT2D eigenvalue weighted by Gasteiger charge is 2.38. The fourth-order valence-corrected chi connectivity index (χ4v) is 3.75. The largest absolute Gasteiger partial charge is 0.368 e. The quantitative estimate of drug-likeness (QED) is 0.897. The van der Waals surface area contributed by atoms with Crippen LogP contribution in [-0.2, 0) is 6.54 Å². The van der Waals surface area contributed by atoms with E-state index in [-0.39, 0.29) is 5.54 Å². The van der Waals surface area contributed by atoms with Crippen molar-refractivity contribution in [2.45, 2.75) is 58.2 Å². The summed E-state index contributed by atoms with van der Waals surface area (Å²) in [6.45, 7) is 8.72. The summed E-state index contributed by atoms with van der Waals surface area (Å²) >= 11 is 6.21. The van der Waals surface area contributed by atoms with Gasteiger partial charge in [0.05, 0.1) is 0 Å². The third-order valence-electron chi connectivity index (χ3n) is 4.57. The first-order chi connectivity index (χ1) is 9.42. The Morgan fingerprint density at radius 3 is 2.70 bits per heavy atom. The Kier molecular flexibility index (Phi) is 3.72. The lowest BCUT2D eigenvalue weighted by Gasteiger charge is -2.32. The van der Waals surface area contributed by atoms with Gasteiger partial charge in [-0.3, -0.25) is 0 Å². The van der Waals surface area contributed by atoms with Gasteiger partial charge in [0.25, 0.3) is 0 Å². The number of benzene rings is 1. The van der Waals surface area contributed by atoms with Gasteiger partial charge in [-0.2, -0.15) is 0 Å². The molecule has 3 rings (SSSR count). The fourth-order valence-electron chi connectivity index (χ4n) is 3.56. The second-order valence-corrected chi connectivity index (χ2v) is 7.80. The minimum Gasteiger partial charge on any atom is -0.368 e. The number of hydrogen-bond donors (Lipinski definition) is 1. The minimum absolute atomic E-state index is 0.129. The van der Waals surface area contributed by atoms with Crippen LogP contribution in [0.25, 0.3) is 0 Å². The number of nitrogens with one attached hydrogen (secondary N) is 1. The summed E-state index contributed by atoms with van der Waals surface area (Å²) in [4.78, 5) is 2.62. The molecule has 0 spiro atoms. The number of piperidine rings is 1. The average Bonchev–Trinajstić information content (AvgIpc) is 2.98. The van der Waals surface area contributed by atoms with Gasteiger partial charge in [0, 0.05) is 35.4 Å². The van der Waals surface area contributed by atoms with E-state index in [9.17, 15) is 0 Å².